The van der Waals surface area contributed by atoms with Gasteiger partial charge in [-0.2, -0.15) is 0 Å². The molecule has 2 rings (SSSR count). The van der Waals surface area contributed by atoms with Crippen molar-refractivity contribution in [3.05, 3.63) is 39.7 Å². The van der Waals surface area contributed by atoms with Crippen molar-refractivity contribution in [2.45, 2.75) is 26.5 Å². The summed E-state index contributed by atoms with van der Waals surface area (Å²) in [5.74, 6) is -0.261. The van der Waals surface area contributed by atoms with Crippen LogP contribution in [0.5, 0.6) is 0 Å². The second-order valence-corrected chi connectivity index (χ2v) is 4.63. The number of nitro benzene ring substituents is 1. The highest BCUT2D eigenvalue weighted by atomic mass is 16.6. The summed E-state index contributed by atoms with van der Waals surface area (Å²) in [6.07, 6.45) is 0.837. The van der Waals surface area contributed by atoms with Crippen LogP contribution in [0.2, 0.25) is 0 Å². The van der Waals surface area contributed by atoms with E-state index in [9.17, 15) is 14.9 Å². The zero-order valence-corrected chi connectivity index (χ0v) is 12.7. The molecule has 0 bridgehead atoms. The van der Waals surface area contributed by atoms with Crippen molar-refractivity contribution in [3.63, 3.8) is 0 Å². The summed E-state index contributed by atoms with van der Waals surface area (Å²) in [5, 5.41) is 24.8. The number of esters is 1. The van der Waals surface area contributed by atoms with Crippen molar-refractivity contribution in [1.29, 1.82) is 0 Å². The van der Waals surface area contributed by atoms with Gasteiger partial charge in [0.1, 0.15) is 5.69 Å². The van der Waals surface area contributed by atoms with E-state index in [0.717, 1.165) is 6.42 Å². The molecule has 2 aromatic rings. The predicted molar refractivity (Wildman–Crippen MR) is 79.9 cm³/mol. The molecular formula is C13H16N6O4. The molecule has 1 N–H and O–H groups in total. The summed E-state index contributed by atoms with van der Waals surface area (Å²) in [6, 6.07) is 4.08. The summed E-state index contributed by atoms with van der Waals surface area (Å²) in [4.78, 5) is 22.5. The quantitative estimate of drug-likeness (QED) is 0.461. The number of nitrogens with one attached hydrogen (secondary N) is 1. The Labute approximate surface area is 131 Å². The van der Waals surface area contributed by atoms with E-state index in [4.69, 9.17) is 4.74 Å². The van der Waals surface area contributed by atoms with Gasteiger partial charge in [-0.15, -0.1) is 5.10 Å². The van der Waals surface area contributed by atoms with Crippen molar-refractivity contribution in [2.24, 2.45) is 0 Å². The van der Waals surface area contributed by atoms with Gasteiger partial charge in [0, 0.05) is 19.7 Å². The largest absolute Gasteiger partial charge is 0.454 e. The fourth-order valence-corrected chi connectivity index (χ4v) is 1.95. The standard InChI is InChI=1S/C13H16N6O4/c1-3-6-18-12(15-16-17-18)8-23-13(20)9-4-5-10(14-2)11(7-9)19(21)22/h4-5,7,14H,3,6,8H2,1-2H3. The molecule has 0 radical (unpaired) electrons. The smallest absolute Gasteiger partial charge is 0.338 e. The molecule has 10 heteroatoms. The molecule has 0 fully saturated rings. The van der Waals surface area contributed by atoms with E-state index < -0.39 is 10.9 Å². The number of carbonyl (C=O) groups excluding carboxylic acids is 1. The zero-order chi connectivity index (χ0) is 16.8. The molecule has 10 nitrogen and oxygen atoms in total. The van der Waals surface area contributed by atoms with Crippen molar-refractivity contribution in [3.8, 4) is 0 Å². The van der Waals surface area contributed by atoms with Gasteiger partial charge in [-0.05, 0) is 29.0 Å². The Kier molecular flexibility index (Phi) is 5.18. The third kappa shape index (κ3) is 3.78. The molecular weight excluding hydrogens is 304 g/mol. The van der Waals surface area contributed by atoms with E-state index in [-0.39, 0.29) is 17.9 Å². The second kappa shape index (κ2) is 7.29. The molecule has 0 aliphatic carbocycles. The topological polar surface area (TPSA) is 125 Å². The molecule has 1 aromatic carbocycles. The van der Waals surface area contributed by atoms with Crippen LogP contribution in [0, 0.1) is 10.1 Å². The number of nitro groups is 1. The van der Waals surface area contributed by atoms with Crippen LogP contribution in [0.1, 0.15) is 29.5 Å². The third-order valence-electron chi connectivity index (χ3n) is 3.07. The first-order valence-corrected chi connectivity index (χ1v) is 6.95. The summed E-state index contributed by atoms with van der Waals surface area (Å²) in [7, 11) is 1.56. The lowest BCUT2D eigenvalue weighted by molar-refractivity contribution is -0.384. The van der Waals surface area contributed by atoms with Crippen LogP contribution >= 0.6 is 0 Å². The molecule has 0 aliphatic heterocycles. The lowest BCUT2D eigenvalue weighted by atomic mass is 10.1. The van der Waals surface area contributed by atoms with Crippen LogP contribution in [0.3, 0.4) is 0 Å². The normalized spacial score (nSPS) is 10.3. The lowest BCUT2D eigenvalue weighted by Gasteiger charge is -2.07. The molecule has 0 unspecified atom stereocenters. The summed E-state index contributed by atoms with van der Waals surface area (Å²) < 4.78 is 6.66. The maximum Gasteiger partial charge on any atom is 0.338 e. The van der Waals surface area contributed by atoms with E-state index in [0.29, 0.717) is 18.1 Å². The summed E-state index contributed by atoms with van der Waals surface area (Å²) in [5.41, 5.74) is 0.210. The van der Waals surface area contributed by atoms with Crippen LogP contribution < -0.4 is 5.32 Å². The number of tetrazole rings is 1. The number of nitrogens with zero attached hydrogens (tertiary/aromatic N) is 5. The first kappa shape index (κ1) is 16.3. The Balaban J connectivity index is 2.10. The van der Waals surface area contributed by atoms with E-state index in [1.165, 1.54) is 18.2 Å². The molecule has 1 aromatic heterocycles. The number of carbonyl (C=O) groups is 1. The molecule has 23 heavy (non-hydrogen) atoms. The van der Waals surface area contributed by atoms with Crippen molar-refractivity contribution >= 4 is 17.3 Å². The molecule has 0 atom stereocenters. The number of aromatic nitrogens is 4. The van der Waals surface area contributed by atoms with Crippen molar-refractivity contribution in [2.75, 3.05) is 12.4 Å². The van der Waals surface area contributed by atoms with Gasteiger partial charge in [0.15, 0.2) is 12.4 Å². The Morgan fingerprint density at radius 2 is 2.26 bits per heavy atom. The van der Waals surface area contributed by atoms with Crippen LogP contribution in [-0.2, 0) is 17.9 Å². The van der Waals surface area contributed by atoms with E-state index in [1.54, 1.807) is 11.7 Å². The SMILES string of the molecule is CCCn1nnnc1COC(=O)c1ccc(NC)c([N+](=O)[O-])c1. The average Bonchev–Trinajstić information content (AvgIpc) is 2.99. The first-order valence-electron chi connectivity index (χ1n) is 6.95. The van der Waals surface area contributed by atoms with Gasteiger partial charge >= 0.3 is 5.97 Å². The number of benzene rings is 1. The Hall–Kier alpha value is -3.04. The third-order valence-corrected chi connectivity index (χ3v) is 3.07. The number of hydrogen-bond acceptors (Lipinski definition) is 8. The zero-order valence-electron chi connectivity index (χ0n) is 12.7. The number of anilines is 1. The monoisotopic (exact) mass is 320 g/mol. The molecule has 0 spiro atoms. The maximum absolute atomic E-state index is 12.0. The molecule has 0 amide bonds. The fraction of sp³-hybridized carbons (Fsp3) is 0.385. The van der Waals surface area contributed by atoms with E-state index >= 15 is 0 Å². The highest BCUT2D eigenvalue weighted by molar-refractivity contribution is 5.91. The van der Waals surface area contributed by atoms with Crippen LogP contribution in [0.25, 0.3) is 0 Å². The molecule has 0 saturated carbocycles. The minimum absolute atomic E-state index is 0.0882. The minimum atomic E-state index is -0.679. The predicted octanol–water partition coefficient (Wildman–Crippen LogP) is 1.39. The van der Waals surface area contributed by atoms with E-state index in [2.05, 4.69) is 20.8 Å². The van der Waals surface area contributed by atoms with Gasteiger partial charge in [0.2, 0.25) is 0 Å². The summed E-state index contributed by atoms with van der Waals surface area (Å²) >= 11 is 0. The number of rotatable bonds is 7. The van der Waals surface area contributed by atoms with Gasteiger partial charge in [-0.25, -0.2) is 9.48 Å². The Bertz CT molecular complexity index is 714. The number of ether oxygens (including phenoxy) is 1. The van der Waals surface area contributed by atoms with Crippen molar-refractivity contribution in [1.82, 2.24) is 20.2 Å². The molecule has 0 saturated heterocycles. The maximum atomic E-state index is 12.0. The Morgan fingerprint density at radius 3 is 2.91 bits per heavy atom. The fourth-order valence-electron chi connectivity index (χ4n) is 1.95. The van der Waals surface area contributed by atoms with Gasteiger partial charge in [-0.3, -0.25) is 10.1 Å². The van der Waals surface area contributed by atoms with Gasteiger partial charge < -0.3 is 10.1 Å². The van der Waals surface area contributed by atoms with Crippen LogP contribution in [0.15, 0.2) is 18.2 Å². The first-order chi connectivity index (χ1) is 11.1. The molecule has 122 valence electrons. The van der Waals surface area contributed by atoms with Gasteiger partial charge in [0.05, 0.1) is 10.5 Å². The van der Waals surface area contributed by atoms with Gasteiger partial charge in [0.25, 0.3) is 5.69 Å². The molecule has 0 aliphatic rings. The average molecular weight is 320 g/mol. The number of aryl methyl sites for hydroxylation is 1. The summed E-state index contributed by atoms with van der Waals surface area (Å²) in [6.45, 7) is 2.48. The second-order valence-electron chi connectivity index (χ2n) is 4.63. The van der Waals surface area contributed by atoms with Gasteiger partial charge in [-0.1, -0.05) is 6.92 Å². The highest BCUT2D eigenvalue weighted by Gasteiger charge is 2.18. The lowest BCUT2D eigenvalue weighted by Crippen LogP contribution is -2.11. The Morgan fingerprint density at radius 1 is 1.48 bits per heavy atom. The van der Waals surface area contributed by atoms with E-state index in [1.807, 2.05) is 6.92 Å². The van der Waals surface area contributed by atoms with Crippen molar-refractivity contribution < 1.29 is 14.5 Å². The van der Waals surface area contributed by atoms with Crippen LogP contribution in [0.4, 0.5) is 11.4 Å². The van der Waals surface area contributed by atoms with Crippen LogP contribution in [-0.4, -0.2) is 38.1 Å². The number of hydrogen-bond donors (Lipinski definition) is 1. The minimum Gasteiger partial charge on any atom is -0.454 e. The molecule has 1 heterocycles. The highest BCUT2D eigenvalue weighted by Crippen LogP contribution is 2.25.